The van der Waals surface area contributed by atoms with E-state index in [1.54, 1.807) is 0 Å². The molecule has 1 heterocycles. The van der Waals surface area contributed by atoms with Gasteiger partial charge in [0.1, 0.15) is 5.66 Å². The molecule has 2 rings (SSSR count). The topological polar surface area (TPSA) is 80.0 Å². The van der Waals surface area contributed by atoms with E-state index in [9.17, 15) is 0 Å². The number of hydrogen-bond donors (Lipinski definition) is 2. The van der Waals surface area contributed by atoms with Crippen molar-refractivity contribution in [2.75, 3.05) is 6.54 Å². The lowest BCUT2D eigenvalue weighted by Crippen LogP contribution is -2.54. The number of rotatable bonds is 3. The Kier molecular flexibility index (Phi) is 4.78. The number of aliphatic imine (C=N–C) groups is 2. The Morgan fingerprint density at radius 2 is 1.79 bits per heavy atom. The van der Waals surface area contributed by atoms with Crippen LogP contribution >= 0.6 is 12.4 Å². The molecule has 5 nitrogen and oxygen atoms in total. The standard InChI is InChI=1S/C13H19N5.ClH/c1-13(2)17-11(14)16-12(15)18(13)9-8-10-6-4-3-5-7-10;/h3-7H,8-9H2,1-2H3,(H4,14,15,16,17);1H. The molecule has 0 amide bonds. The van der Waals surface area contributed by atoms with Gasteiger partial charge in [-0.2, -0.15) is 4.99 Å². The fourth-order valence-corrected chi connectivity index (χ4v) is 2.10. The molecular formula is C13H20ClN5. The minimum atomic E-state index is -0.440. The quantitative estimate of drug-likeness (QED) is 0.877. The Hall–Kier alpha value is -1.75. The van der Waals surface area contributed by atoms with Gasteiger partial charge < -0.3 is 16.4 Å². The Bertz CT molecular complexity index is 481. The zero-order valence-electron chi connectivity index (χ0n) is 11.2. The molecule has 0 aliphatic carbocycles. The zero-order valence-corrected chi connectivity index (χ0v) is 12.0. The highest BCUT2D eigenvalue weighted by Gasteiger charge is 2.30. The number of halogens is 1. The van der Waals surface area contributed by atoms with E-state index in [1.165, 1.54) is 5.56 Å². The van der Waals surface area contributed by atoms with E-state index in [0.29, 0.717) is 5.96 Å². The number of nitrogens with two attached hydrogens (primary N) is 2. The van der Waals surface area contributed by atoms with Gasteiger partial charge in [0.2, 0.25) is 11.9 Å². The van der Waals surface area contributed by atoms with Gasteiger partial charge in [0.15, 0.2) is 0 Å². The van der Waals surface area contributed by atoms with Crippen LogP contribution in [-0.2, 0) is 6.42 Å². The first kappa shape index (κ1) is 15.3. The van der Waals surface area contributed by atoms with Crippen LogP contribution in [0.4, 0.5) is 0 Å². The highest BCUT2D eigenvalue weighted by molar-refractivity contribution is 5.95. The molecule has 0 spiro atoms. The van der Waals surface area contributed by atoms with Crippen molar-refractivity contribution in [3.8, 4) is 0 Å². The lowest BCUT2D eigenvalue weighted by atomic mass is 10.1. The summed E-state index contributed by atoms with van der Waals surface area (Å²) in [6.07, 6.45) is 0.899. The van der Waals surface area contributed by atoms with Gasteiger partial charge in [-0.1, -0.05) is 30.3 Å². The summed E-state index contributed by atoms with van der Waals surface area (Å²) in [7, 11) is 0. The van der Waals surface area contributed by atoms with E-state index in [0.717, 1.165) is 13.0 Å². The molecule has 6 heteroatoms. The maximum absolute atomic E-state index is 5.92. The summed E-state index contributed by atoms with van der Waals surface area (Å²) in [6.45, 7) is 4.72. The predicted octanol–water partition coefficient (Wildman–Crippen LogP) is 1.33. The van der Waals surface area contributed by atoms with Crippen LogP contribution < -0.4 is 11.5 Å². The first-order chi connectivity index (χ1) is 8.49. The van der Waals surface area contributed by atoms with Crippen LogP contribution in [0.1, 0.15) is 19.4 Å². The molecule has 0 aromatic heterocycles. The third-order valence-electron chi connectivity index (χ3n) is 3.02. The molecule has 0 radical (unpaired) electrons. The molecule has 19 heavy (non-hydrogen) atoms. The Balaban J connectivity index is 0.00000180. The lowest BCUT2D eigenvalue weighted by molar-refractivity contribution is 0.220. The van der Waals surface area contributed by atoms with Crippen molar-refractivity contribution in [2.24, 2.45) is 21.5 Å². The van der Waals surface area contributed by atoms with Gasteiger partial charge in [-0.15, -0.1) is 12.4 Å². The molecule has 0 unspecified atom stereocenters. The molecule has 0 atom stereocenters. The minimum absolute atomic E-state index is 0. The fourth-order valence-electron chi connectivity index (χ4n) is 2.10. The summed E-state index contributed by atoms with van der Waals surface area (Å²) in [4.78, 5) is 10.3. The molecule has 0 fully saturated rings. The largest absolute Gasteiger partial charge is 0.369 e. The summed E-state index contributed by atoms with van der Waals surface area (Å²) in [5, 5.41) is 0. The van der Waals surface area contributed by atoms with Crippen molar-refractivity contribution in [1.29, 1.82) is 0 Å². The van der Waals surface area contributed by atoms with Crippen LogP contribution in [0.15, 0.2) is 40.3 Å². The van der Waals surface area contributed by atoms with E-state index in [2.05, 4.69) is 22.1 Å². The molecule has 0 bridgehead atoms. The minimum Gasteiger partial charge on any atom is -0.369 e. The van der Waals surface area contributed by atoms with Gasteiger partial charge in [0.05, 0.1) is 0 Å². The van der Waals surface area contributed by atoms with E-state index in [1.807, 2.05) is 36.9 Å². The van der Waals surface area contributed by atoms with Crippen molar-refractivity contribution in [3.63, 3.8) is 0 Å². The van der Waals surface area contributed by atoms with Crippen LogP contribution in [0.5, 0.6) is 0 Å². The highest BCUT2D eigenvalue weighted by atomic mass is 35.5. The molecule has 1 aromatic carbocycles. The first-order valence-corrected chi connectivity index (χ1v) is 6.00. The number of guanidine groups is 2. The second kappa shape index (κ2) is 5.93. The van der Waals surface area contributed by atoms with Gasteiger partial charge in [-0.25, -0.2) is 4.99 Å². The van der Waals surface area contributed by atoms with Crippen LogP contribution in [0.25, 0.3) is 0 Å². The van der Waals surface area contributed by atoms with E-state index in [-0.39, 0.29) is 18.4 Å². The SMILES string of the molecule is CC1(C)N=C(N)N=C(N)N1CCc1ccccc1.Cl. The van der Waals surface area contributed by atoms with Gasteiger partial charge >= 0.3 is 0 Å². The van der Waals surface area contributed by atoms with Crippen molar-refractivity contribution in [1.82, 2.24) is 4.90 Å². The van der Waals surface area contributed by atoms with Crippen LogP contribution in [0, 0.1) is 0 Å². The summed E-state index contributed by atoms with van der Waals surface area (Å²) < 4.78 is 0. The lowest BCUT2D eigenvalue weighted by Gasteiger charge is -2.38. The van der Waals surface area contributed by atoms with Gasteiger partial charge in [0.25, 0.3) is 0 Å². The maximum atomic E-state index is 5.92. The molecule has 1 aliphatic heterocycles. The molecule has 1 aliphatic rings. The Morgan fingerprint density at radius 1 is 1.16 bits per heavy atom. The average Bonchev–Trinajstić information content (AvgIpc) is 2.27. The molecule has 0 saturated heterocycles. The number of nitrogens with zero attached hydrogens (tertiary/aromatic N) is 3. The van der Waals surface area contributed by atoms with Crippen LogP contribution in [-0.4, -0.2) is 29.0 Å². The van der Waals surface area contributed by atoms with E-state index >= 15 is 0 Å². The Morgan fingerprint density at radius 3 is 2.37 bits per heavy atom. The van der Waals surface area contributed by atoms with Crippen molar-refractivity contribution < 1.29 is 0 Å². The third kappa shape index (κ3) is 3.61. The highest BCUT2D eigenvalue weighted by Crippen LogP contribution is 2.19. The molecule has 104 valence electrons. The number of benzene rings is 1. The van der Waals surface area contributed by atoms with Gasteiger partial charge in [-0.05, 0) is 25.8 Å². The second-order valence-corrected chi connectivity index (χ2v) is 4.82. The maximum Gasteiger partial charge on any atom is 0.220 e. The summed E-state index contributed by atoms with van der Waals surface area (Å²) in [5.41, 5.74) is 12.4. The average molecular weight is 282 g/mol. The molecule has 4 N–H and O–H groups in total. The van der Waals surface area contributed by atoms with Crippen LogP contribution in [0.3, 0.4) is 0 Å². The smallest absolute Gasteiger partial charge is 0.220 e. The normalized spacial score (nSPS) is 17.3. The summed E-state index contributed by atoms with van der Waals surface area (Å²) in [5.74, 6) is 0.678. The van der Waals surface area contributed by atoms with Crippen LogP contribution in [0.2, 0.25) is 0 Å². The van der Waals surface area contributed by atoms with Crippen molar-refractivity contribution in [3.05, 3.63) is 35.9 Å². The van der Waals surface area contributed by atoms with E-state index in [4.69, 9.17) is 11.5 Å². The van der Waals surface area contributed by atoms with Crippen molar-refractivity contribution in [2.45, 2.75) is 25.9 Å². The first-order valence-electron chi connectivity index (χ1n) is 6.00. The second-order valence-electron chi connectivity index (χ2n) is 4.82. The van der Waals surface area contributed by atoms with Gasteiger partial charge in [-0.3, -0.25) is 0 Å². The molecule has 1 aromatic rings. The fraction of sp³-hybridized carbons (Fsp3) is 0.385. The Labute approximate surface area is 119 Å². The summed E-state index contributed by atoms with van der Waals surface area (Å²) >= 11 is 0. The monoisotopic (exact) mass is 281 g/mol. The van der Waals surface area contributed by atoms with Gasteiger partial charge in [0, 0.05) is 6.54 Å². The zero-order chi connectivity index (χ0) is 13.2. The molecule has 0 saturated carbocycles. The number of hydrogen-bond acceptors (Lipinski definition) is 5. The van der Waals surface area contributed by atoms with Crippen molar-refractivity contribution >= 4 is 24.3 Å². The predicted molar refractivity (Wildman–Crippen MR) is 81.4 cm³/mol. The summed E-state index contributed by atoms with van der Waals surface area (Å²) in [6, 6.07) is 10.3. The van der Waals surface area contributed by atoms with E-state index < -0.39 is 5.66 Å². The molecular weight excluding hydrogens is 262 g/mol. The third-order valence-corrected chi connectivity index (χ3v) is 3.02.